The summed E-state index contributed by atoms with van der Waals surface area (Å²) in [7, 11) is 0. The highest BCUT2D eigenvalue weighted by molar-refractivity contribution is 5.70. The topological polar surface area (TPSA) is 58.8 Å². The van der Waals surface area contributed by atoms with Crippen LogP contribution in [0.2, 0.25) is 0 Å². The molecule has 0 aliphatic carbocycles. The average molecular weight is 349 g/mol. The molecule has 2 N–H and O–H groups in total. The largest absolute Gasteiger partial charge is 0.444 e. The van der Waals surface area contributed by atoms with E-state index in [0.717, 1.165) is 18.4 Å². The SMILES string of the molecule is CC(C)(C)OC(=O)N1C2CCC1CN(c1ccc(CCN)cc1F)C2. The van der Waals surface area contributed by atoms with Crippen LogP contribution >= 0.6 is 0 Å². The van der Waals surface area contributed by atoms with E-state index in [1.165, 1.54) is 0 Å². The van der Waals surface area contributed by atoms with E-state index in [1.807, 2.05) is 37.8 Å². The molecule has 2 aliphatic rings. The molecular formula is C19H28FN3O2. The summed E-state index contributed by atoms with van der Waals surface area (Å²) in [4.78, 5) is 16.4. The van der Waals surface area contributed by atoms with Crippen LogP contribution in [0.5, 0.6) is 0 Å². The molecule has 2 aliphatic heterocycles. The van der Waals surface area contributed by atoms with E-state index in [-0.39, 0.29) is 24.0 Å². The highest BCUT2D eigenvalue weighted by atomic mass is 19.1. The Morgan fingerprint density at radius 3 is 2.44 bits per heavy atom. The number of nitrogens with two attached hydrogens (primary N) is 1. The van der Waals surface area contributed by atoms with Crippen LogP contribution in [0.25, 0.3) is 0 Å². The normalized spacial score (nSPS) is 23.1. The van der Waals surface area contributed by atoms with Crippen molar-refractivity contribution in [3.05, 3.63) is 29.6 Å². The van der Waals surface area contributed by atoms with E-state index in [1.54, 1.807) is 6.07 Å². The predicted molar refractivity (Wildman–Crippen MR) is 96.3 cm³/mol. The van der Waals surface area contributed by atoms with Gasteiger partial charge in [0, 0.05) is 13.1 Å². The minimum absolute atomic E-state index is 0.0803. The number of nitrogens with zero attached hydrogens (tertiary/aromatic N) is 2. The molecular weight excluding hydrogens is 321 g/mol. The van der Waals surface area contributed by atoms with Crippen molar-refractivity contribution in [2.24, 2.45) is 5.73 Å². The minimum atomic E-state index is -0.501. The molecule has 2 bridgehead atoms. The molecule has 0 saturated carbocycles. The van der Waals surface area contributed by atoms with Crippen LogP contribution in [0.15, 0.2) is 18.2 Å². The van der Waals surface area contributed by atoms with Crippen LogP contribution in [0.3, 0.4) is 0 Å². The van der Waals surface area contributed by atoms with Gasteiger partial charge in [0.15, 0.2) is 0 Å². The lowest BCUT2D eigenvalue weighted by Crippen LogP contribution is -2.57. The van der Waals surface area contributed by atoms with Crippen molar-refractivity contribution < 1.29 is 13.9 Å². The summed E-state index contributed by atoms with van der Waals surface area (Å²) in [6.07, 6.45) is 2.30. The molecule has 6 heteroatoms. The number of piperazine rings is 1. The van der Waals surface area contributed by atoms with E-state index in [4.69, 9.17) is 10.5 Å². The molecule has 1 amide bonds. The maximum Gasteiger partial charge on any atom is 0.410 e. The zero-order chi connectivity index (χ0) is 18.2. The molecule has 138 valence electrons. The van der Waals surface area contributed by atoms with Crippen LogP contribution < -0.4 is 10.6 Å². The molecule has 3 rings (SSSR count). The fraction of sp³-hybridized carbons (Fsp3) is 0.632. The van der Waals surface area contributed by atoms with E-state index in [0.29, 0.717) is 31.7 Å². The number of amides is 1. The molecule has 1 aromatic carbocycles. The minimum Gasteiger partial charge on any atom is -0.444 e. The predicted octanol–water partition coefficient (Wildman–Crippen LogP) is 2.92. The Morgan fingerprint density at radius 1 is 1.28 bits per heavy atom. The molecule has 0 aromatic heterocycles. The van der Waals surface area contributed by atoms with Crippen molar-refractivity contribution in [1.82, 2.24) is 4.90 Å². The van der Waals surface area contributed by atoms with Gasteiger partial charge in [-0.15, -0.1) is 0 Å². The summed E-state index contributed by atoms with van der Waals surface area (Å²) in [5.74, 6) is -0.212. The van der Waals surface area contributed by atoms with Crippen LogP contribution in [-0.2, 0) is 11.2 Å². The number of hydrogen-bond donors (Lipinski definition) is 1. The lowest BCUT2D eigenvalue weighted by Gasteiger charge is -2.42. The number of benzene rings is 1. The first kappa shape index (κ1) is 18.0. The summed E-state index contributed by atoms with van der Waals surface area (Å²) in [6, 6.07) is 5.51. The smallest absolute Gasteiger partial charge is 0.410 e. The van der Waals surface area contributed by atoms with Crippen molar-refractivity contribution >= 4 is 11.8 Å². The zero-order valence-corrected chi connectivity index (χ0v) is 15.3. The van der Waals surface area contributed by atoms with Gasteiger partial charge in [0.2, 0.25) is 0 Å². The summed E-state index contributed by atoms with van der Waals surface area (Å²) in [6.45, 7) is 7.42. The van der Waals surface area contributed by atoms with Crippen molar-refractivity contribution in [3.63, 3.8) is 0 Å². The lowest BCUT2D eigenvalue weighted by atomic mass is 10.1. The number of halogens is 1. The number of carbonyl (C=O) groups is 1. The van der Waals surface area contributed by atoms with Crippen molar-refractivity contribution in [2.45, 2.75) is 57.7 Å². The van der Waals surface area contributed by atoms with Gasteiger partial charge in [-0.2, -0.15) is 0 Å². The van der Waals surface area contributed by atoms with E-state index >= 15 is 0 Å². The first-order valence-corrected chi connectivity index (χ1v) is 9.03. The number of rotatable bonds is 3. The molecule has 2 atom stereocenters. The quantitative estimate of drug-likeness (QED) is 0.911. The van der Waals surface area contributed by atoms with Gasteiger partial charge < -0.3 is 15.4 Å². The van der Waals surface area contributed by atoms with Crippen LogP contribution in [0.4, 0.5) is 14.9 Å². The highest BCUT2D eigenvalue weighted by Gasteiger charge is 2.44. The van der Waals surface area contributed by atoms with Gasteiger partial charge in [0.1, 0.15) is 11.4 Å². The van der Waals surface area contributed by atoms with Gasteiger partial charge in [-0.1, -0.05) is 6.07 Å². The number of anilines is 1. The Balaban J connectivity index is 1.73. The van der Waals surface area contributed by atoms with Gasteiger partial charge in [0.25, 0.3) is 0 Å². The Labute approximate surface area is 148 Å². The Morgan fingerprint density at radius 2 is 1.92 bits per heavy atom. The second-order valence-corrected chi connectivity index (χ2v) is 8.00. The van der Waals surface area contributed by atoms with E-state index in [9.17, 15) is 9.18 Å². The van der Waals surface area contributed by atoms with E-state index in [2.05, 4.69) is 4.90 Å². The second-order valence-electron chi connectivity index (χ2n) is 8.00. The maximum atomic E-state index is 14.5. The second kappa shape index (κ2) is 6.83. The highest BCUT2D eigenvalue weighted by Crippen LogP contribution is 2.34. The first-order chi connectivity index (χ1) is 11.8. The summed E-state index contributed by atoms with van der Waals surface area (Å²) >= 11 is 0. The molecule has 25 heavy (non-hydrogen) atoms. The fourth-order valence-corrected chi connectivity index (χ4v) is 3.84. The van der Waals surface area contributed by atoms with Gasteiger partial charge in [-0.3, -0.25) is 4.90 Å². The monoisotopic (exact) mass is 349 g/mol. The van der Waals surface area contributed by atoms with E-state index < -0.39 is 5.60 Å². The van der Waals surface area contributed by atoms with Crippen molar-refractivity contribution in [2.75, 3.05) is 24.5 Å². The summed E-state index contributed by atoms with van der Waals surface area (Å²) in [5, 5.41) is 0. The van der Waals surface area contributed by atoms with Crippen molar-refractivity contribution in [1.29, 1.82) is 0 Å². The third-order valence-corrected chi connectivity index (χ3v) is 4.87. The van der Waals surface area contributed by atoms with Gasteiger partial charge in [-0.25, -0.2) is 9.18 Å². The molecule has 1 aromatic rings. The van der Waals surface area contributed by atoms with Gasteiger partial charge >= 0.3 is 6.09 Å². The fourth-order valence-electron chi connectivity index (χ4n) is 3.84. The third kappa shape index (κ3) is 3.89. The van der Waals surface area contributed by atoms with Crippen LogP contribution in [0.1, 0.15) is 39.2 Å². The van der Waals surface area contributed by atoms with Gasteiger partial charge in [0.05, 0.1) is 17.8 Å². The standard InChI is InChI=1S/C19H28FN3O2/c1-19(2,3)25-18(24)23-14-5-6-15(23)12-22(11-14)17-7-4-13(8-9-21)10-16(17)20/h4,7,10,14-15H,5-6,8-9,11-12,21H2,1-3H3. The summed E-state index contributed by atoms with van der Waals surface area (Å²) in [5.41, 5.74) is 6.57. The molecule has 2 fully saturated rings. The summed E-state index contributed by atoms with van der Waals surface area (Å²) < 4.78 is 20.1. The molecule has 2 saturated heterocycles. The number of hydrogen-bond acceptors (Lipinski definition) is 4. The number of ether oxygens (including phenoxy) is 1. The van der Waals surface area contributed by atoms with Crippen molar-refractivity contribution in [3.8, 4) is 0 Å². The number of fused-ring (bicyclic) bond motifs is 2. The maximum absolute atomic E-state index is 14.5. The molecule has 0 spiro atoms. The Hall–Kier alpha value is -1.82. The average Bonchev–Trinajstić information content (AvgIpc) is 2.77. The third-order valence-electron chi connectivity index (χ3n) is 4.87. The lowest BCUT2D eigenvalue weighted by molar-refractivity contribution is 0.0123. The first-order valence-electron chi connectivity index (χ1n) is 9.03. The Kier molecular flexibility index (Phi) is 4.91. The molecule has 5 nitrogen and oxygen atoms in total. The van der Waals surface area contributed by atoms with Crippen LogP contribution in [0, 0.1) is 5.82 Å². The van der Waals surface area contributed by atoms with Gasteiger partial charge in [-0.05, 0) is 64.3 Å². The Bertz CT molecular complexity index is 630. The molecule has 2 unspecified atom stereocenters. The zero-order valence-electron chi connectivity index (χ0n) is 15.3. The van der Waals surface area contributed by atoms with Crippen LogP contribution in [-0.4, -0.2) is 48.3 Å². The number of carbonyl (C=O) groups excluding carboxylic acids is 1. The molecule has 2 heterocycles. The molecule has 0 radical (unpaired) electrons.